The van der Waals surface area contributed by atoms with E-state index in [0.29, 0.717) is 30.2 Å². The molecule has 9 heteroatoms. The Morgan fingerprint density at radius 1 is 0.973 bits per heavy atom. The van der Waals surface area contributed by atoms with Crippen molar-refractivity contribution in [3.63, 3.8) is 0 Å². The van der Waals surface area contributed by atoms with Crippen molar-refractivity contribution >= 4 is 12.1 Å². The van der Waals surface area contributed by atoms with Crippen LogP contribution >= 0.6 is 0 Å². The van der Waals surface area contributed by atoms with Gasteiger partial charge >= 0.3 is 12.1 Å². The maximum Gasteiger partial charge on any atom is 0.416 e. The number of carbonyl (C=O) groups is 2. The molecule has 0 aliphatic carbocycles. The highest BCUT2D eigenvalue weighted by Crippen LogP contribution is 2.22. The van der Waals surface area contributed by atoms with E-state index in [2.05, 4.69) is 4.98 Å². The third-order valence-corrected chi connectivity index (χ3v) is 5.42. The van der Waals surface area contributed by atoms with Crippen LogP contribution in [0.25, 0.3) is 11.5 Å². The van der Waals surface area contributed by atoms with Gasteiger partial charge in [0.25, 0.3) is 0 Å². The van der Waals surface area contributed by atoms with Crippen LogP contribution in [0.2, 0.25) is 0 Å². The van der Waals surface area contributed by atoms with Gasteiger partial charge in [0.05, 0.1) is 12.3 Å². The molecular formula is C28H26N2O7. The zero-order chi connectivity index (χ0) is 26.2. The van der Waals surface area contributed by atoms with Gasteiger partial charge in [-0.05, 0) is 48.9 Å². The van der Waals surface area contributed by atoms with Crippen molar-refractivity contribution in [3.8, 4) is 28.7 Å². The normalized spacial score (nSPS) is 10.6. The number of nitrogens with zero attached hydrogens (tertiary/aromatic N) is 2. The predicted octanol–water partition coefficient (Wildman–Crippen LogP) is 5.06. The number of rotatable bonds is 10. The molecule has 9 nitrogen and oxygen atoms in total. The summed E-state index contributed by atoms with van der Waals surface area (Å²) in [6.45, 7) is 1.74. The first kappa shape index (κ1) is 25.3. The van der Waals surface area contributed by atoms with Crippen LogP contribution in [0.5, 0.6) is 17.2 Å². The van der Waals surface area contributed by atoms with E-state index in [1.807, 2.05) is 37.3 Å². The number of carbonyl (C=O) groups excluding carboxylic acids is 1. The fraction of sp³-hybridized carbons (Fsp3) is 0.179. The molecule has 0 aliphatic heterocycles. The second-order valence-corrected chi connectivity index (χ2v) is 8.25. The highest BCUT2D eigenvalue weighted by molar-refractivity contribution is 5.78. The average Bonchev–Trinajstić information content (AvgIpc) is 3.25. The van der Waals surface area contributed by atoms with E-state index in [9.17, 15) is 19.8 Å². The number of phenols is 1. The summed E-state index contributed by atoms with van der Waals surface area (Å²) in [6, 6.07) is 22.4. The molecule has 0 atom stereocenters. The van der Waals surface area contributed by atoms with Gasteiger partial charge in [0, 0.05) is 24.6 Å². The highest BCUT2D eigenvalue weighted by atomic mass is 16.6. The summed E-state index contributed by atoms with van der Waals surface area (Å²) in [4.78, 5) is 29.5. The molecule has 1 heterocycles. The lowest BCUT2D eigenvalue weighted by Crippen LogP contribution is -2.37. The largest absolute Gasteiger partial charge is 0.508 e. The molecular weight excluding hydrogens is 476 g/mol. The lowest BCUT2D eigenvalue weighted by Gasteiger charge is -2.20. The monoisotopic (exact) mass is 502 g/mol. The quantitative estimate of drug-likeness (QED) is 0.308. The summed E-state index contributed by atoms with van der Waals surface area (Å²) in [5.41, 5.74) is 2.43. The van der Waals surface area contributed by atoms with E-state index in [4.69, 9.17) is 13.9 Å². The summed E-state index contributed by atoms with van der Waals surface area (Å²) in [5, 5.41) is 18.8. The summed E-state index contributed by atoms with van der Waals surface area (Å²) >= 11 is 0. The van der Waals surface area contributed by atoms with Crippen molar-refractivity contribution in [1.82, 2.24) is 9.88 Å². The number of amides is 1. The van der Waals surface area contributed by atoms with Crippen LogP contribution in [0.15, 0.2) is 83.3 Å². The Labute approximate surface area is 213 Å². The minimum atomic E-state index is -1.17. The van der Waals surface area contributed by atoms with Crippen LogP contribution < -0.4 is 9.47 Å². The zero-order valence-electron chi connectivity index (χ0n) is 20.2. The van der Waals surface area contributed by atoms with E-state index in [0.717, 1.165) is 21.9 Å². The molecule has 190 valence electrons. The molecule has 0 spiro atoms. The van der Waals surface area contributed by atoms with Crippen molar-refractivity contribution in [2.24, 2.45) is 0 Å². The Hall–Kier alpha value is -4.79. The van der Waals surface area contributed by atoms with Crippen LogP contribution in [0, 0.1) is 6.92 Å². The third kappa shape index (κ3) is 7.11. The molecule has 4 aromatic rings. The first-order chi connectivity index (χ1) is 17.9. The fourth-order valence-electron chi connectivity index (χ4n) is 3.60. The number of ether oxygens (including phenoxy) is 2. The predicted molar refractivity (Wildman–Crippen MR) is 134 cm³/mol. The molecule has 0 bridgehead atoms. The number of carboxylic acid groups (broad SMARTS) is 1. The van der Waals surface area contributed by atoms with E-state index < -0.39 is 18.6 Å². The third-order valence-electron chi connectivity index (χ3n) is 5.42. The van der Waals surface area contributed by atoms with Crippen molar-refractivity contribution < 1.29 is 33.7 Å². The number of carboxylic acids is 1. The number of aromatic hydroxyl groups is 1. The summed E-state index contributed by atoms with van der Waals surface area (Å²) in [7, 11) is 0. The molecule has 0 fully saturated rings. The second-order valence-electron chi connectivity index (χ2n) is 8.25. The topological polar surface area (TPSA) is 122 Å². The van der Waals surface area contributed by atoms with E-state index in [1.54, 1.807) is 24.3 Å². The maximum atomic E-state index is 12.5. The van der Waals surface area contributed by atoms with Crippen molar-refractivity contribution in [1.29, 1.82) is 0 Å². The molecule has 0 aliphatic rings. The number of phenolic OH excluding ortho intramolecular Hbond substituents is 1. The number of aromatic nitrogens is 1. The Morgan fingerprint density at radius 2 is 1.73 bits per heavy atom. The van der Waals surface area contributed by atoms with Gasteiger partial charge in [-0.15, -0.1) is 0 Å². The fourth-order valence-corrected chi connectivity index (χ4v) is 3.60. The average molecular weight is 503 g/mol. The lowest BCUT2D eigenvalue weighted by molar-refractivity contribution is -0.138. The summed E-state index contributed by atoms with van der Waals surface area (Å²) in [5.74, 6) is 0.815. The molecule has 37 heavy (non-hydrogen) atoms. The van der Waals surface area contributed by atoms with Gasteiger partial charge in [-0.1, -0.05) is 36.4 Å². The Kier molecular flexibility index (Phi) is 8.05. The minimum Gasteiger partial charge on any atom is -0.508 e. The Balaban J connectivity index is 1.32. The van der Waals surface area contributed by atoms with Gasteiger partial charge in [-0.3, -0.25) is 9.69 Å². The first-order valence-electron chi connectivity index (χ1n) is 11.6. The number of oxazole rings is 1. The van der Waals surface area contributed by atoms with Gasteiger partial charge in [0.1, 0.15) is 29.6 Å². The van der Waals surface area contributed by atoms with E-state index in [-0.39, 0.29) is 18.0 Å². The molecule has 3 aromatic carbocycles. The second kappa shape index (κ2) is 11.8. The molecule has 0 saturated heterocycles. The SMILES string of the molecule is Cc1oc(-c2ccccc2)nc1CCOc1ccc(CN(CC(=O)O)C(=O)Oc2cccc(O)c2)cc1. The van der Waals surface area contributed by atoms with Crippen LogP contribution in [0.4, 0.5) is 4.79 Å². The van der Waals surface area contributed by atoms with Crippen LogP contribution in [-0.4, -0.2) is 45.3 Å². The maximum absolute atomic E-state index is 12.5. The molecule has 2 N–H and O–H groups in total. The van der Waals surface area contributed by atoms with Gasteiger partial charge in [0.2, 0.25) is 5.89 Å². The van der Waals surface area contributed by atoms with Gasteiger partial charge in [0.15, 0.2) is 0 Å². The zero-order valence-corrected chi connectivity index (χ0v) is 20.2. The summed E-state index contributed by atoms with van der Waals surface area (Å²) in [6.07, 6.45) is -0.275. The Bertz CT molecular complexity index is 1350. The Morgan fingerprint density at radius 3 is 2.43 bits per heavy atom. The van der Waals surface area contributed by atoms with E-state index in [1.165, 1.54) is 24.3 Å². The van der Waals surface area contributed by atoms with Crippen molar-refractivity contribution in [2.75, 3.05) is 13.2 Å². The van der Waals surface area contributed by atoms with Gasteiger partial charge < -0.3 is 24.1 Å². The van der Waals surface area contributed by atoms with Crippen LogP contribution in [0.3, 0.4) is 0 Å². The number of aryl methyl sites for hydroxylation is 1. The highest BCUT2D eigenvalue weighted by Gasteiger charge is 2.20. The number of benzene rings is 3. The van der Waals surface area contributed by atoms with Crippen LogP contribution in [0.1, 0.15) is 17.0 Å². The lowest BCUT2D eigenvalue weighted by atomic mass is 10.2. The molecule has 1 amide bonds. The molecule has 4 rings (SSSR count). The van der Waals surface area contributed by atoms with Gasteiger partial charge in [-0.25, -0.2) is 9.78 Å². The summed E-state index contributed by atoms with van der Waals surface area (Å²) < 4.78 is 16.8. The molecule has 0 saturated carbocycles. The smallest absolute Gasteiger partial charge is 0.416 e. The minimum absolute atomic E-state index is 0.0185. The first-order valence-corrected chi connectivity index (χ1v) is 11.6. The number of hydrogen-bond donors (Lipinski definition) is 2. The van der Waals surface area contributed by atoms with Crippen molar-refractivity contribution in [3.05, 3.63) is 95.9 Å². The molecule has 1 aromatic heterocycles. The van der Waals surface area contributed by atoms with E-state index >= 15 is 0 Å². The molecule has 0 radical (unpaired) electrons. The standard InChI is InChI=1S/C28H26N2O7/c1-19-25(29-27(36-19)21-6-3-2-4-7-21)14-15-35-23-12-10-20(11-13-23)17-30(18-26(32)33)28(34)37-24-9-5-8-22(31)16-24/h2-13,16,31H,14-15,17-18H2,1H3,(H,32,33). The number of hydrogen-bond acceptors (Lipinski definition) is 7. The van der Waals surface area contributed by atoms with Crippen LogP contribution in [-0.2, 0) is 17.8 Å². The van der Waals surface area contributed by atoms with Crippen molar-refractivity contribution in [2.45, 2.75) is 19.9 Å². The van der Waals surface area contributed by atoms with Gasteiger partial charge in [-0.2, -0.15) is 0 Å². The molecule has 0 unspecified atom stereocenters. The number of aliphatic carboxylic acids is 1.